The van der Waals surface area contributed by atoms with Crippen molar-refractivity contribution in [2.45, 2.75) is 19.9 Å². The fourth-order valence-electron chi connectivity index (χ4n) is 2.45. The van der Waals surface area contributed by atoms with Crippen LogP contribution in [0.1, 0.15) is 23.7 Å². The molecule has 0 aliphatic heterocycles. The van der Waals surface area contributed by atoms with E-state index in [1.54, 1.807) is 28.8 Å². The average molecular weight is 340 g/mol. The SMILES string of the molecule is CC(=O)c1ccc(NC(=O)CCn2c(=O)sc3ccccc32)cc1. The van der Waals surface area contributed by atoms with Crippen LogP contribution < -0.4 is 10.2 Å². The number of benzene rings is 2. The monoisotopic (exact) mass is 340 g/mol. The lowest BCUT2D eigenvalue weighted by molar-refractivity contribution is -0.116. The van der Waals surface area contributed by atoms with Gasteiger partial charge in [0.25, 0.3) is 0 Å². The number of aromatic nitrogens is 1. The fraction of sp³-hybridized carbons (Fsp3) is 0.167. The van der Waals surface area contributed by atoms with Gasteiger partial charge in [0.15, 0.2) is 5.78 Å². The van der Waals surface area contributed by atoms with Crippen LogP contribution in [0, 0.1) is 0 Å². The van der Waals surface area contributed by atoms with Crippen molar-refractivity contribution in [1.82, 2.24) is 4.57 Å². The first-order valence-electron chi connectivity index (χ1n) is 7.54. The van der Waals surface area contributed by atoms with Crippen molar-refractivity contribution >= 4 is 38.9 Å². The number of rotatable bonds is 5. The smallest absolute Gasteiger partial charge is 0.308 e. The molecular weight excluding hydrogens is 324 g/mol. The number of nitrogens with one attached hydrogen (secondary N) is 1. The van der Waals surface area contributed by atoms with Gasteiger partial charge in [-0.2, -0.15) is 0 Å². The molecule has 1 amide bonds. The number of hydrogen-bond donors (Lipinski definition) is 1. The molecule has 0 saturated carbocycles. The van der Waals surface area contributed by atoms with Crippen molar-refractivity contribution in [1.29, 1.82) is 0 Å². The maximum atomic E-state index is 12.1. The van der Waals surface area contributed by atoms with Gasteiger partial charge in [-0.05, 0) is 43.3 Å². The van der Waals surface area contributed by atoms with E-state index < -0.39 is 0 Å². The zero-order valence-electron chi connectivity index (χ0n) is 13.1. The molecule has 0 bridgehead atoms. The summed E-state index contributed by atoms with van der Waals surface area (Å²) < 4.78 is 2.54. The molecule has 5 nitrogen and oxygen atoms in total. The van der Waals surface area contributed by atoms with Gasteiger partial charge < -0.3 is 5.32 Å². The third-order valence-corrected chi connectivity index (χ3v) is 4.67. The Labute approximate surface area is 142 Å². The Balaban J connectivity index is 1.66. The molecule has 2 aromatic carbocycles. The van der Waals surface area contributed by atoms with Gasteiger partial charge in [-0.15, -0.1) is 0 Å². The zero-order valence-corrected chi connectivity index (χ0v) is 13.9. The van der Waals surface area contributed by atoms with Crippen molar-refractivity contribution < 1.29 is 9.59 Å². The van der Waals surface area contributed by atoms with Crippen LogP contribution in [0.4, 0.5) is 5.69 Å². The number of nitrogens with zero attached hydrogens (tertiary/aromatic N) is 1. The molecule has 1 heterocycles. The van der Waals surface area contributed by atoms with Crippen molar-refractivity contribution in [2.75, 3.05) is 5.32 Å². The van der Waals surface area contributed by atoms with Crippen LogP contribution in [0.3, 0.4) is 0 Å². The maximum Gasteiger partial charge on any atom is 0.308 e. The van der Waals surface area contributed by atoms with E-state index in [4.69, 9.17) is 0 Å². The number of aryl methyl sites for hydroxylation is 1. The van der Waals surface area contributed by atoms with Crippen LogP contribution in [0.2, 0.25) is 0 Å². The lowest BCUT2D eigenvalue weighted by atomic mass is 10.1. The number of para-hydroxylation sites is 1. The quantitative estimate of drug-likeness (QED) is 0.725. The van der Waals surface area contributed by atoms with Gasteiger partial charge in [0, 0.05) is 24.2 Å². The highest BCUT2D eigenvalue weighted by Crippen LogP contribution is 2.17. The van der Waals surface area contributed by atoms with Gasteiger partial charge in [-0.3, -0.25) is 19.0 Å². The van der Waals surface area contributed by atoms with E-state index in [-0.39, 0.29) is 23.0 Å². The highest BCUT2D eigenvalue weighted by atomic mass is 32.1. The fourth-order valence-corrected chi connectivity index (χ4v) is 3.37. The van der Waals surface area contributed by atoms with E-state index in [0.29, 0.717) is 17.8 Å². The summed E-state index contributed by atoms with van der Waals surface area (Å²) in [5.74, 6) is -0.190. The first kappa shape index (κ1) is 16.1. The number of amides is 1. The summed E-state index contributed by atoms with van der Waals surface area (Å²) in [5.41, 5.74) is 2.09. The second kappa shape index (κ2) is 6.80. The van der Waals surface area contributed by atoms with Crippen molar-refractivity contribution in [3.63, 3.8) is 0 Å². The summed E-state index contributed by atoms with van der Waals surface area (Å²) in [6, 6.07) is 14.3. The van der Waals surface area contributed by atoms with Crippen LogP contribution in [-0.2, 0) is 11.3 Å². The summed E-state index contributed by atoms with van der Waals surface area (Å²) >= 11 is 1.18. The van der Waals surface area contributed by atoms with Gasteiger partial charge in [-0.1, -0.05) is 23.5 Å². The van der Waals surface area contributed by atoms with Crippen LogP contribution in [0.5, 0.6) is 0 Å². The van der Waals surface area contributed by atoms with Crippen molar-refractivity contribution in [3.8, 4) is 0 Å². The number of thiazole rings is 1. The van der Waals surface area contributed by atoms with Gasteiger partial charge in [0.05, 0.1) is 10.2 Å². The molecule has 0 spiro atoms. The van der Waals surface area contributed by atoms with E-state index >= 15 is 0 Å². The second-order valence-corrected chi connectivity index (χ2v) is 6.41. The van der Waals surface area contributed by atoms with E-state index in [9.17, 15) is 14.4 Å². The molecule has 0 atom stereocenters. The van der Waals surface area contributed by atoms with Crippen LogP contribution in [-0.4, -0.2) is 16.3 Å². The molecule has 122 valence electrons. The van der Waals surface area contributed by atoms with Crippen molar-refractivity contribution in [2.24, 2.45) is 0 Å². The molecule has 0 radical (unpaired) electrons. The zero-order chi connectivity index (χ0) is 17.1. The Hall–Kier alpha value is -2.73. The Kier molecular flexibility index (Phi) is 4.57. The molecule has 3 rings (SSSR count). The number of Topliss-reactive ketones (excluding diaryl/α,β-unsaturated/α-hetero) is 1. The normalized spacial score (nSPS) is 10.7. The molecule has 1 aromatic heterocycles. The molecule has 1 N–H and O–H groups in total. The van der Waals surface area contributed by atoms with Crippen LogP contribution in [0.25, 0.3) is 10.2 Å². The van der Waals surface area contributed by atoms with E-state index in [2.05, 4.69) is 5.32 Å². The van der Waals surface area contributed by atoms with E-state index in [0.717, 1.165) is 10.2 Å². The molecular formula is C18H16N2O3S. The Morgan fingerprint density at radius 3 is 2.50 bits per heavy atom. The number of anilines is 1. The maximum absolute atomic E-state index is 12.1. The topological polar surface area (TPSA) is 68.2 Å². The van der Waals surface area contributed by atoms with E-state index in [1.807, 2.05) is 24.3 Å². The third-order valence-electron chi connectivity index (χ3n) is 3.71. The summed E-state index contributed by atoms with van der Waals surface area (Å²) in [6.45, 7) is 1.83. The molecule has 0 unspecified atom stereocenters. The molecule has 6 heteroatoms. The Bertz CT molecular complexity index is 954. The van der Waals surface area contributed by atoms with Gasteiger partial charge in [0.2, 0.25) is 5.91 Å². The third kappa shape index (κ3) is 3.44. The molecule has 0 aliphatic carbocycles. The molecule has 3 aromatic rings. The lowest BCUT2D eigenvalue weighted by Crippen LogP contribution is -2.19. The number of fused-ring (bicyclic) bond motifs is 1. The van der Waals surface area contributed by atoms with Gasteiger partial charge in [-0.25, -0.2) is 0 Å². The highest BCUT2D eigenvalue weighted by Gasteiger charge is 2.09. The molecule has 24 heavy (non-hydrogen) atoms. The van der Waals surface area contributed by atoms with Gasteiger partial charge >= 0.3 is 4.87 Å². The largest absolute Gasteiger partial charge is 0.326 e. The summed E-state index contributed by atoms with van der Waals surface area (Å²) in [7, 11) is 0. The van der Waals surface area contributed by atoms with E-state index in [1.165, 1.54) is 18.3 Å². The predicted octanol–water partition coefficient (Wildman–Crippen LogP) is 3.29. The Morgan fingerprint density at radius 2 is 1.79 bits per heavy atom. The van der Waals surface area contributed by atoms with Crippen LogP contribution in [0.15, 0.2) is 53.3 Å². The number of carbonyl (C=O) groups is 2. The first-order valence-corrected chi connectivity index (χ1v) is 8.35. The summed E-state index contributed by atoms with van der Waals surface area (Å²) in [4.78, 5) is 35.3. The standard InChI is InChI=1S/C18H16N2O3S/c1-12(21)13-6-8-14(9-7-13)19-17(22)10-11-20-15-4-2-3-5-16(15)24-18(20)23/h2-9H,10-11H2,1H3,(H,19,22). The predicted molar refractivity (Wildman–Crippen MR) is 95.8 cm³/mol. The summed E-state index contributed by atoms with van der Waals surface area (Å²) in [5, 5.41) is 2.78. The minimum absolute atomic E-state index is 0.0170. The summed E-state index contributed by atoms with van der Waals surface area (Å²) in [6.07, 6.45) is 0.203. The Morgan fingerprint density at radius 1 is 1.08 bits per heavy atom. The number of carbonyl (C=O) groups excluding carboxylic acids is 2. The molecule has 0 saturated heterocycles. The molecule has 0 fully saturated rings. The second-order valence-electron chi connectivity index (χ2n) is 5.42. The number of hydrogen-bond acceptors (Lipinski definition) is 4. The first-order chi connectivity index (χ1) is 11.5. The average Bonchev–Trinajstić information content (AvgIpc) is 2.88. The molecule has 0 aliphatic rings. The number of ketones is 1. The minimum Gasteiger partial charge on any atom is -0.326 e. The highest BCUT2D eigenvalue weighted by molar-refractivity contribution is 7.16. The van der Waals surface area contributed by atoms with Gasteiger partial charge in [0.1, 0.15) is 0 Å². The van der Waals surface area contributed by atoms with Crippen LogP contribution >= 0.6 is 11.3 Å². The lowest BCUT2D eigenvalue weighted by Gasteiger charge is -2.07. The minimum atomic E-state index is -0.173. The van der Waals surface area contributed by atoms with Crippen molar-refractivity contribution in [3.05, 3.63) is 63.8 Å².